The molecule has 5 heteroatoms. The Morgan fingerprint density at radius 2 is 2.06 bits per heavy atom. The third-order valence-electron chi connectivity index (χ3n) is 2.33. The first kappa shape index (κ1) is 15.3. The summed E-state index contributed by atoms with van der Waals surface area (Å²) in [5.74, 6) is -0.700. The van der Waals surface area contributed by atoms with Gasteiger partial charge in [-0.1, -0.05) is 43.1 Å². The number of carboxylic acids is 1. The molecule has 0 radical (unpaired) electrons. The topological polar surface area (TPSA) is 46.5 Å². The molecule has 0 amide bonds. The van der Waals surface area contributed by atoms with E-state index in [2.05, 4.69) is 0 Å². The van der Waals surface area contributed by atoms with Gasteiger partial charge in [0.25, 0.3) is 0 Å². The molecule has 1 N–H and O–H groups in total. The van der Waals surface area contributed by atoms with Gasteiger partial charge in [-0.2, -0.15) is 0 Å². The Morgan fingerprint density at radius 1 is 1.39 bits per heavy atom. The maximum Gasteiger partial charge on any atom is 0.333 e. The van der Waals surface area contributed by atoms with Crippen molar-refractivity contribution in [1.82, 2.24) is 0 Å². The third kappa shape index (κ3) is 4.84. The number of aliphatic carboxylic acids is 1. The van der Waals surface area contributed by atoms with Crippen molar-refractivity contribution in [3.05, 3.63) is 33.8 Å². The molecule has 1 aromatic carbocycles. The number of ether oxygens (including phenoxy) is 1. The zero-order valence-electron chi connectivity index (χ0n) is 10.3. The molecular formula is C13H16Cl2O3. The molecule has 0 aliphatic heterocycles. The van der Waals surface area contributed by atoms with Crippen LogP contribution in [-0.2, 0) is 16.0 Å². The van der Waals surface area contributed by atoms with Gasteiger partial charge in [-0.3, -0.25) is 0 Å². The fourth-order valence-electron chi connectivity index (χ4n) is 1.41. The van der Waals surface area contributed by atoms with Crippen molar-refractivity contribution in [3.8, 4) is 0 Å². The molecule has 0 fully saturated rings. The van der Waals surface area contributed by atoms with Crippen LogP contribution in [-0.4, -0.2) is 23.8 Å². The predicted molar refractivity (Wildman–Crippen MR) is 72.4 cm³/mol. The van der Waals surface area contributed by atoms with Gasteiger partial charge in [-0.25, -0.2) is 4.79 Å². The quantitative estimate of drug-likeness (QED) is 0.870. The standard InChI is InChI=1S/C13H16Cl2O3/c1-8(2)7-18-12(13(16)17)5-9-3-4-10(14)6-11(9)15/h3-4,6,8,12H,5,7H2,1-2H3,(H,16,17)/t12-/m1/s1. The first-order valence-electron chi connectivity index (χ1n) is 5.68. The van der Waals surface area contributed by atoms with E-state index in [9.17, 15) is 4.79 Å². The van der Waals surface area contributed by atoms with Crippen LogP contribution < -0.4 is 0 Å². The number of halogens is 2. The molecule has 18 heavy (non-hydrogen) atoms. The van der Waals surface area contributed by atoms with E-state index in [4.69, 9.17) is 33.0 Å². The summed E-state index contributed by atoms with van der Waals surface area (Å²) in [6.45, 7) is 4.34. The molecule has 1 rings (SSSR count). The van der Waals surface area contributed by atoms with Gasteiger partial charge in [-0.15, -0.1) is 0 Å². The monoisotopic (exact) mass is 290 g/mol. The fourth-order valence-corrected chi connectivity index (χ4v) is 1.90. The van der Waals surface area contributed by atoms with E-state index in [0.29, 0.717) is 16.7 Å². The first-order valence-corrected chi connectivity index (χ1v) is 6.44. The van der Waals surface area contributed by atoms with E-state index in [0.717, 1.165) is 5.56 Å². The summed E-state index contributed by atoms with van der Waals surface area (Å²) in [7, 11) is 0. The molecule has 0 aromatic heterocycles. The van der Waals surface area contributed by atoms with Crippen LogP contribution in [0.25, 0.3) is 0 Å². The summed E-state index contributed by atoms with van der Waals surface area (Å²) in [6.07, 6.45) is -0.649. The van der Waals surface area contributed by atoms with Gasteiger partial charge in [0.15, 0.2) is 6.10 Å². The molecule has 0 spiro atoms. The number of carboxylic acid groups (broad SMARTS) is 1. The highest BCUT2D eigenvalue weighted by atomic mass is 35.5. The zero-order chi connectivity index (χ0) is 13.7. The number of benzene rings is 1. The van der Waals surface area contributed by atoms with E-state index in [1.807, 2.05) is 13.8 Å². The molecule has 0 saturated carbocycles. The molecule has 3 nitrogen and oxygen atoms in total. The van der Waals surface area contributed by atoms with Gasteiger partial charge in [-0.05, 0) is 23.6 Å². The predicted octanol–water partition coefficient (Wildman–Crippen LogP) is 3.66. The van der Waals surface area contributed by atoms with Crippen molar-refractivity contribution in [2.24, 2.45) is 5.92 Å². The molecule has 0 saturated heterocycles. The minimum Gasteiger partial charge on any atom is -0.479 e. The Morgan fingerprint density at radius 3 is 2.56 bits per heavy atom. The van der Waals surface area contributed by atoms with Crippen molar-refractivity contribution < 1.29 is 14.6 Å². The van der Waals surface area contributed by atoms with E-state index >= 15 is 0 Å². The summed E-state index contributed by atoms with van der Waals surface area (Å²) in [5, 5.41) is 10.1. The van der Waals surface area contributed by atoms with Crippen LogP contribution in [0.5, 0.6) is 0 Å². The molecule has 0 aliphatic rings. The zero-order valence-corrected chi connectivity index (χ0v) is 11.8. The Bertz CT molecular complexity index is 419. The molecule has 0 bridgehead atoms. The van der Waals surface area contributed by atoms with Crippen molar-refractivity contribution >= 4 is 29.2 Å². The highest BCUT2D eigenvalue weighted by Gasteiger charge is 2.20. The van der Waals surface area contributed by atoms with Gasteiger partial charge in [0.05, 0.1) is 6.61 Å². The van der Waals surface area contributed by atoms with Gasteiger partial charge in [0, 0.05) is 16.5 Å². The van der Waals surface area contributed by atoms with Crippen LogP contribution in [0.4, 0.5) is 0 Å². The Labute approximate surface area is 117 Å². The second-order valence-corrected chi connectivity index (χ2v) is 5.34. The van der Waals surface area contributed by atoms with Crippen LogP contribution in [0.15, 0.2) is 18.2 Å². The van der Waals surface area contributed by atoms with E-state index < -0.39 is 12.1 Å². The minimum absolute atomic E-state index is 0.234. The maximum atomic E-state index is 11.1. The lowest BCUT2D eigenvalue weighted by molar-refractivity contribution is -0.150. The van der Waals surface area contributed by atoms with Gasteiger partial charge >= 0.3 is 5.97 Å². The summed E-state index contributed by atoms with van der Waals surface area (Å²) in [4.78, 5) is 11.1. The highest BCUT2D eigenvalue weighted by molar-refractivity contribution is 6.35. The van der Waals surface area contributed by atoms with E-state index in [-0.39, 0.29) is 12.3 Å². The summed E-state index contributed by atoms with van der Waals surface area (Å²) < 4.78 is 5.36. The average Bonchev–Trinajstić information content (AvgIpc) is 2.26. The molecule has 1 aromatic rings. The van der Waals surface area contributed by atoms with Crippen LogP contribution in [0, 0.1) is 5.92 Å². The normalized spacial score (nSPS) is 12.7. The number of hydrogen-bond acceptors (Lipinski definition) is 2. The van der Waals surface area contributed by atoms with Crippen LogP contribution in [0.3, 0.4) is 0 Å². The van der Waals surface area contributed by atoms with Gasteiger partial charge in [0.1, 0.15) is 0 Å². The average molecular weight is 291 g/mol. The lowest BCUT2D eigenvalue weighted by Gasteiger charge is -2.16. The van der Waals surface area contributed by atoms with Gasteiger partial charge in [0.2, 0.25) is 0 Å². The first-order chi connectivity index (χ1) is 8.40. The third-order valence-corrected chi connectivity index (χ3v) is 2.91. The second-order valence-electron chi connectivity index (χ2n) is 4.49. The fraction of sp³-hybridized carbons (Fsp3) is 0.462. The number of hydrogen-bond donors (Lipinski definition) is 1. The van der Waals surface area contributed by atoms with Crippen LogP contribution in [0.1, 0.15) is 19.4 Å². The smallest absolute Gasteiger partial charge is 0.333 e. The van der Waals surface area contributed by atoms with Gasteiger partial charge < -0.3 is 9.84 Å². The second kappa shape index (κ2) is 6.98. The van der Waals surface area contributed by atoms with Crippen molar-refractivity contribution in [1.29, 1.82) is 0 Å². The molecule has 0 unspecified atom stereocenters. The van der Waals surface area contributed by atoms with E-state index in [1.165, 1.54) is 0 Å². The lowest BCUT2D eigenvalue weighted by Crippen LogP contribution is -2.28. The lowest BCUT2D eigenvalue weighted by atomic mass is 10.1. The largest absolute Gasteiger partial charge is 0.479 e. The Balaban J connectivity index is 2.73. The summed E-state index contributed by atoms with van der Waals surface area (Å²) >= 11 is 11.8. The van der Waals surface area contributed by atoms with E-state index in [1.54, 1.807) is 18.2 Å². The molecule has 100 valence electrons. The maximum absolute atomic E-state index is 11.1. The highest BCUT2D eigenvalue weighted by Crippen LogP contribution is 2.22. The summed E-state index contributed by atoms with van der Waals surface area (Å²) in [6, 6.07) is 5.00. The molecular weight excluding hydrogens is 275 g/mol. The minimum atomic E-state index is -0.985. The SMILES string of the molecule is CC(C)CO[C@H](Cc1ccc(Cl)cc1Cl)C(=O)O. The number of rotatable bonds is 6. The number of carbonyl (C=O) groups is 1. The molecule has 0 aliphatic carbocycles. The van der Waals surface area contributed by atoms with Crippen LogP contribution in [0.2, 0.25) is 10.0 Å². The molecule has 0 heterocycles. The van der Waals surface area contributed by atoms with Crippen molar-refractivity contribution in [2.75, 3.05) is 6.61 Å². The Kier molecular flexibility index (Phi) is 5.93. The van der Waals surface area contributed by atoms with Crippen molar-refractivity contribution in [3.63, 3.8) is 0 Å². The van der Waals surface area contributed by atoms with Crippen molar-refractivity contribution in [2.45, 2.75) is 26.4 Å². The van der Waals surface area contributed by atoms with Crippen LogP contribution >= 0.6 is 23.2 Å². The Hall–Kier alpha value is -0.770. The molecule has 1 atom stereocenters. The summed E-state index contributed by atoms with van der Waals surface area (Å²) in [5.41, 5.74) is 0.720.